The monoisotopic (exact) mass is 191 g/mol. The second-order valence-electron chi connectivity index (χ2n) is 3.81. The lowest BCUT2D eigenvalue weighted by atomic mass is 10.2. The maximum absolute atomic E-state index is 11.1. The van der Waals surface area contributed by atoms with E-state index in [1.807, 2.05) is 0 Å². The lowest BCUT2D eigenvalue weighted by Crippen LogP contribution is -2.49. The quantitative estimate of drug-likeness (QED) is 0.634. The molecule has 0 aliphatic heterocycles. The molecule has 78 valence electrons. The fraction of sp³-hybridized carbons (Fsp3) is 0.875. The van der Waals surface area contributed by atoms with Gasteiger partial charge in [0.05, 0.1) is 0 Å². The van der Waals surface area contributed by atoms with E-state index in [9.17, 15) is 9.90 Å². The number of rotatable bonds is 2. The molecule has 0 heterocycles. The number of hydrogen-bond donors (Lipinski definition) is 2. The second-order valence-corrected chi connectivity index (χ2v) is 3.81. The number of ether oxygens (including phenoxy) is 2. The van der Waals surface area contributed by atoms with Crippen molar-refractivity contribution < 1.29 is 19.4 Å². The number of carbonyl (C=O) groups excluding carboxylic acids is 1. The minimum absolute atomic E-state index is 0.589. The van der Waals surface area contributed by atoms with Crippen LogP contribution in [0.3, 0.4) is 0 Å². The van der Waals surface area contributed by atoms with Gasteiger partial charge in [-0.3, -0.25) is 5.32 Å². The summed E-state index contributed by atoms with van der Waals surface area (Å²) in [7, 11) is 1.28. The predicted molar refractivity (Wildman–Crippen MR) is 47.0 cm³/mol. The topological polar surface area (TPSA) is 67.8 Å². The normalized spacial score (nSPS) is 16.2. The zero-order chi connectivity index (χ0) is 10.7. The van der Waals surface area contributed by atoms with E-state index < -0.39 is 17.6 Å². The van der Waals surface area contributed by atoms with Crippen LogP contribution in [-0.4, -0.2) is 29.8 Å². The largest absolute Gasteiger partial charge is 0.444 e. The summed E-state index contributed by atoms with van der Waals surface area (Å²) in [6.45, 7) is 6.49. The van der Waals surface area contributed by atoms with Gasteiger partial charge in [-0.15, -0.1) is 0 Å². The molecule has 0 unspecified atom stereocenters. The van der Waals surface area contributed by atoms with E-state index in [0.29, 0.717) is 0 Å². The number of aliphatic hydroxyl groups is 1. The van der Waals surface area contributed by atoms with Crippen molar-refractivity contribution in [2.75, 3.05) is 7.11 Å². The summed E-state index contributed by atoms with van der Waals surface area (Å²) in [5, 5.41) is 11.4. The SMILES string of the molecule is CO[C@@](C)(O)NC(=O)OC(C)(C)C. The highest BCUT2D eigenvalue weighted by atomic mass is 16.6. The van der Waals surface area contributed by atoms with Crippen LogP contribution in [0.15, 0.2) is 0 Å². The molecule has 0 fully saturated rings. The Morgan fingerprint density at radius 1 is 1.31 bits per heavy atom. The maximum Gasteiger partial charge on any atom is 0.411 e. The first-order valence-corrected chi connectivity index (χ1v) is 3.95. The van der Waals surface area contributed by atoms with Crippen molar-refractivity contribution in [3.8, 4) is 0 Å². The average molecular weight is 191 g/mol. The van der Waals surface area contributed by atoms with E-state index in [-0.39, 0.29) is 0 Å². The first kappa shape index (κ1) is 12.2. The van der Waals surface area contributed by atoms with Crippen LogP contribution in [0.2, 0.25) is 0 Å². The van der Waals surface area contributed by atoms with Crippen molar-refractivity contribution in [2.45, 2.75) is 39.2 Å². The van der Waals surface area contributed by atoms with Crippen molar-refractivity contribution in [2.24, 2.45) is 0 Å². The summed E-state index contributed by atoms with van der Waals surface area (Å²) in [4.78, 5) is 11.1. The first-order valence-electron chi connectivity index (χ1n) is 3.95. The van der Waals surface area contributed by atoms with Crippen molar-refractivity contribution in [3.05, 3.63) is 0 Å². The van der Waals surface area contributed by atoms with Gasteiger partial charge in [-0.1, -0.05) is 0 Å². The summed E-state index contributed by atoms with van der Waals surface area (Å²) in [6.07, 6.45) is -0.723. The molecule has 0 aromatic heterocycles. The van der Waals surface area contributed by atoms with Crippen LogP contribution in [0, 0.1) is 0 Å². The minimum atomic E-state index is -1.69. The summed E-state index contributed by atoms with van der Waals surface area (Å²) in [5.41, 5.74) is -0.589. The molecule has 0 radical (unpaired) electrons. The molecule has 0 saturated heterocycles. The molecule has 0 spiro atoms. The van der Waals surface area contributed by atoms with Gasteiger partial charge in [-0.2, -0.15) is 0 Å². The summed E-state index contributed by atoms with van der Waals surface area (Å²) in [6, 6.07) is 0. The molecule has 2 N–H and O–H groups in total. The molecule has 0 aromatic rings. The van der Waals surface area contributed by atoms with Crippen LogP contribution in [0.4, 0.5) is 4.79 Å². The highest BCUT2D eigenvalue weighted by Crippen LogP contribution is 2.08. The molecular weight excluding hydrogens is 174 g/mol. The van der Waals surface area contributed by atoms with Crippen molar-refractivity contribution in [3.63, 3.8) is 0 Å². The third-order valence-corrected chi connectivity index (χ3v) is 1.13. The molecule has 0 saturated carbocycles. The number of alkyl carbamates (subject to hydrolysis) is 1. The van der Waals surface area contributed by atoms with Gasteiger partial charge in [-0.25, -0.2) is 4.79 Å². The van der Waals surface area contributed by atoms with Gasteiger partial charge in [0.1, 0.15) is 5.60 Å². The van der Waals surface area contributed by atoms with E-state index >= 15 is 0 Å². The molecule has 0 rings (SSSR count). The Bertz CT molecular complexity index is 183. The summed E-state index contributed by atoms with van der Waals surface area (Å²) >= 11 is 0. The third-order valence-electron chi connectivity index (χ3n) is 1.13. The van der Waals surface area contributed by atoms with Gasteiger partial charge >= 0.3 is 6.09 Å². The Morgan fingerprint density at radius 2 is 1.77 bits per heavy atom. The van der Waals surface area contributed by atoms with Gasteiger partial charge in [0.2, 0.25) is 5.91 Å². The zero-order valence-electron chi connectivity index (χ0n) is 8.67. The molecule has 5 heteroatoms. The van der Waals surface area contributed by atoms with Crippen LogP contribution < -0.4 is 5.32 Å². The molecular formula is C8H17NO4. The minimum Gasteiger partial charge on any atom is -0.444 e. The number of methoxy groups -OCH3 is 1. The van der Waals surface area contributed by atoms with Gasteiger partial charge in [-0.05, 0) is 20.8 Å². The van der Waals surface area contributed by atoms with Crippen LogP contribution in [0.25, 0.3) is 0 Å². The average Bonchev–Trinajstić information content (AvgIpc) is 1.81. The summed E-state index contributed by atoms with van der Waals surface area (Å²) in [5.74, 6) is -1.69. The van der Waals surface area contributed by atoms with Crippen LogP contribution >= 0.6 is 0 Å². The van der Waals surface area contributed by atoms with E-state index in [4.69, 9.17) is 4.74 Å². The van der Waals surface area contributed by atoms with E-state index in [2.05, 4.69) is 10.1 Å². The molecule has 0 aromatic carbocycles. The van der Waals surface area contributed by atoms with Crippen molar-refractivity contribution in [1.29, 1.82) is 0 Å². The number of hydrogen-bond acceptors (Lipinski definition) is 4. The van der Waals surface area contributed by atoms with Gasteiger partial charge < -0.3 is 14.6 Å². The first-order chi connectivity index (χ1) is 5.66. The second kappa shape index (κ2) is 3.93. The standard InChI is InChI=1S/C8H17NO4/c1-7(2,3)13-6(10)9-8(4,11)12-5/h11H,1-5H3,(H,9,10)/t8-/m1/s1. The fourth-order valence-electron chi connectivity index (χ4n) is 0.544. The predicted octanol–water partition coefficient (Wildman–Crippen LogP) is 0.824. The number of amides is 1. The highest BCUT2D eigenvalue weighted by Gasteiger charge is 2.25. The van der Waals surface area contributed by atoms with Gasteiger partial charge in [0.25, 0.3) is 0 Å². The van der Waals surface area contributed by atoms with E-state index in [1.54, 1.807) is 20.8 Å². The van der Waals surface area contributed by atoms with Crippen molar-refractivity contribution >= 4 is 6.09 Å². The van der Waals surface area contributed by atoms with Crippen LogP contribution in [-0.2, 0) is 9.47 Å². The molecule has 5 nitrogen and oxygen atoms in total. The molecule has 13 heavy (non-hydrogen) atoms. The van der Waals surface area contributed by atoms with Gasteiger partial charge in [0.15, 0.2) is 0 Å². The Kier molecular flexibility index (Phi) is 3.69. The number of carbonyl (C=O) groups is 1. The summed E-state index contributed by atoms with van der Waals surface area (Å²) < 4.78 is 9.45. The Balaban J connectivity index is 4.03. The Morgan fingerprint density at radius 3 is 2.08 bits per heavy atom. The van der Waals surface area contributed by atoms with Crippen LogP contribution in [0.5, 0.6) is 0 Å². The number of nitrogens with one attached hydrogen (secondary N) is 1. The highest BCUT2D eigenvalue weighted by molar-refractivity contribution is 5.68. The van der Waals surface area contributed by atoms with Gasteiger partial charge in [0, 0.05) is 14.0 Å². The zero-order valence-corrected chi connectivity index (χ0v) is 8.67. The lowest BCUT2D eigenvalue weighted by molar-refractivity contribution is -0.188. The lowest BCUT2D eigenvalue weighted by Gasteiger charge is -2.25. The third kappa shape index (κ3) is 6.36. The molecule has 1 atom stereocenters. The molecule has 0 bridgehead atoms. The Hall–Kier alpha value is -0.810. The van der Waals surface area contributed by atoms with E-state index in [1.165, 1.54) is 14.0 Å². The fourth-order valence-corrected chi connectivity index (χ4v) is 0.544. The molecule has 1 amide bonds. The molecule has 0 aliphatic rings. The smallest absolute Gasteiger partial charge is 0.411 e. The maximum atomic E-state index is 11.1. The molecule has 0 aliphatic carbocycles. The van der Waals surface area contributed by atoms with Crippen molar-refractivity contribution in [1.82, 2.24) is 5.32 Å². The Labute approximate surface area is 78.0 Å². The van der Waals surface area contributed by atoms with E-state index in [0.717, 1.165) is 0 Å². The van der Waals surface area contributed by atoms with Crippen LogP contribution in [0.1, 0.15) is 27.7 Å².